The number of halogens is 1. The summed E-state index contributed by atoms with van der Waals surface area (Å²) in [5.74, 6) is 5.31. The van der Waals surface area contributed by atoms with Crippen molar-refractivity contribution < 1.29 is 13.9 Å². The lowest BCUT2D eigenvalue weighted by Gasteiger charge is -2.05. The Morgan fingerprint density at radius 3 is 2.74 bits per heavy atom. The van der Waals surface area contributed by atoms with E-state index in [2.05, 4.69) is 17.2 Å². The molecule has 0 heterocycles. The van der Waals surface area contributed by atoms with Crippen molar-refractivity contribution >= 4 is 11.8 Å². The Labute approximate surface area is 134 Å². The zero-order valence-corrected chi connectivity index (χ0v) is 12.5. The first-order valence-electron chi connectivity index (χ1n) is 7.13. The molecule has 2 aromatic carbocycles. The van der Waals surface area contributed by atoms with Crippen molar-refractivity contribution in [2.45, 2.75) is 13.0 Å². The van der Waals surface area contributed by atoms with E-state index in [1.165, 1.54) is 18.2 Å². The number of amides is 1. The molecule has 0 saturated carbocycles. The zero-order valence-electron chi connectivity index (χ0n) is 12.5. The van der Waals surface area contributed by atoms with Gasteiger partial charge in [0, 0.05) is 18.5 Å². The largest absolute Gasteiger partial charge is 0.445 e. The molecule has 3 N–H and O–H groups in total. The molecule has 0 bridgehead atoms. The van der Waals surface area contributed by atoms with Crippen LogP contribution in [0.4, 0.5) is 14.9 Å². The molecular weight excluding hydrogens is 295 g/mol. The van der Waals surface area contributed by atoms with Crippen molar-refractivity contribution in [1.82, 2.24) is 5.32 Å². The summed E-state index contributed by atoms with van der Waals surface area (Å²) in [6.07, 6.45) is -0.0472. The zero-order chi connectivity index (χ0) is 16.5. The normalized spacial score (nSPS) is 9.61. The van der Waals surface area contributed by atoms with Crippen LogP contribution in [0.2, 0.25) is 0 Å². The molecule has 1 amide bonds. The van der Waals surface area contributed by atoms with Crippen LogP contribution in [0.25, 0.3) is 0 Å². The summed E-state index contributed by atoms with van der Waals surface area (Å²) in [4.78, 5) is 11.5. The molecule has 0 aliphatic carbocycles. The fourth-order valence-electron chi connectivity index (χ4n) is 1.81. The first-order chi connectivity index (χ1) is 11.1. The van der Waals surface area contributed by atoms with E-state index in [1.54, 1.807) is 0 Å². The third kappa shape index (κ3) is 5.71. The van der Waals surface area contributed by atoms with E-state index in [9.17, 15) is 9.18 Å². The minimum atomic E-state index is -0.489. The van der Waals surface area contributed by atoms with Crippen LogP contribution in [0.15, 0.2) is 48.5 Å². The Balaban J connectivity index is 1.69. The van der Waals surface area contributed by atoms with E-state index < -0.39 is 11.9 Å². The second-order valence-electron chi connectivity index (χ2n) is 4.77. The summed E-state index contributed by atoms with van der Waals surface area (Å²) >= 11 is 0. The van der Waals surface area contributed by atoms with Gasteiger partial charge in [0.15, 0.2) is 0 Å². The van der Waals surface area contributed by atoms with Gasteiger partial charge in [-0.15, -0.1) is 0 Å². The van der Waals surface area contributed by atoms with Gasteiger partial charge in [0.05, 0.1) is 5.69 Å². The Morgan fingerprint density at radius 1 is 1.22 bits per heavy atom. The number of hydrogen-bond acceptors (Lipinski definition) is 3. The summed E-state index contributed by atoms with van der Waals surface area (Å²) in [6.45, 7) is 0.589. The summed E-state index contributed by atoms with van der Waals surface area (Å²) < 4.78 is 18.0. The topological polar surface area (TPSA) is 64.3 Å². The molecule has 2 aromatic rings. The second kappa shape index (κ2) is 8.44. The summed E-state index contributed by atoms with van der Waals surface area (Å²) in [5, 5.41) is 2.61. The lowest BCUT2D eigenvalue weighted by Crippen LogP contribution is -2.24. The number of carbonyl (C=O) groups is 1. The number of nitrogen functional groups attached to an aromatic ring is 1. The van der Waals surface area contributed by atoms with Crippen molar-refractivity contribution in [3.8, 4) is 11.8 Å². The van der Waals surface area contributed by atoms with Crippen molar-refractivity contribution in [2.24, 2.45) is 0 Å². The van der Waals surface area contributed by atoms with Gasteiger partial charge in [0.2, 0.25) is 0 Å². The third-order valence-corrected chi connectivity index (χ3v) is 2.97. The van der Waals surface area contributed by atoms with Gasteiger partial charge < -0.3 is 15.8 Å². The number of rotatable bonds is 4. The molecule has 5 heteroatoms. The maximum absolute atomic E-state index is 12.9. The highest BCUT2D eigenvalue weighted by atomic mass is 19.1. The van der Waals surface area contributed by atoms with Crippen LogP contribution in [0.3, 0.4) is 0 Å². The maximum atomic E-state index is 12.9. The molecule has 0 fully saturated rings. The van der Waals surface area contributed by atoms with Gasteiger partial charge in [0.1, 0.15) is 12.4 Å². The van der Waals surface area contributed by atoms with Gasteiger partial charge in [-0.1, -0.05) is 42.2 Å². The molecule has 0 atom stereocenters. The standard InChI is InChI=1S/C18H17FN2O2/c19-16-10-9-15(17(20)12-16)8-4-5-11-21-18(22)23-13-14-6-2-1-3-7-14/h1-3,6-7,9-10,12H,5,11,13,20H2,(H,21,22). The van der Waals surface area contributed by atoms with Gasteiger partial charge in [-0.2, -0.15) is 0 Å². The van der Waals surface area contributed by atoms with E-state index >= 15 is 0 Å². The number of hydrogen-bond donors (Lipinski definition) is 2. The molecule has 0 aliphatic heterocycles. The van der Waals surface area contributed by atoms with E-state index in [0.717, 1.165) is 5.56 Å². The first-order valence-corrected chi connectivity index (χ1v) is 7.13. The average Bonchev–Trinajstić information content (AvgIpc) is 2.55. The van der Waals surface area contributed by atoms with Gasteiger partial charge in [0.25, 0.3) is 0 Å². The average molecular weight is 312 g/mol. The van der Waals surface area contributed by atoms with Crippen molar-refractivity contribution in [1.29, 1.82) is 0 Å². The number of benzene rings is 2. The van der Waals surface area contributed by atoms with Gasteiger partial charge in [-0.3, -0.25) is 0 Å². The predicted molar refractivity (Wildman–Crippen MR) is 86.9 cm³/mol. The fourth-order valence-corrected chi connectivity index (χ4v) is 1.81. The molecule has 4 nitrogen and oxygen atoms in total. The lowest BCUT2D eigenvalue weighted by atomic mass is 10.2. The van der Waals surface area contributed by atoms with Gasteiger partial charge in [-0.05, 0) is 23.8 Å². The molecule has 0 saturated heterocycles. The number of ether oxygens (including phenoxy) is 1. The van der Waals surface area contributed by atoms with Crippen molar-refractivity contribution in [3.05, 3.63) is 65.5 Å². The molecule has 0 aliphatic rings. The van der Waals surface area contributed by atoms with Crippen LogP contribution in [0.5, 0.6) is 0 Å². The molecule has 0 unspecified atom stereocenters. The summed E-state index contributed by atoms with van der Waals surface area (Å²) in [5.41, 5.74) is 7.44. The van der Waals surface area contributed by atoms with Crippen LogP contribution in [0.1, 0.15) is 17.5 Å². The quantitative estimate of drug-likeness (QED) is 0.518. The minimum Gasteiger partial charge on any atom is -0.445 e. The van der Waals surface area contributed by atoms with E-state index in [1.807, 2.05) is 30.3 Å². The Hall–Kier alpha value is -3.00. The van der Waals surface area contributed by atoms with E-state index in [-0.39, 0.29) is 6.61 Å². The number of anilines is 1. The van der Waals surface area contributed by atoms with Gasteiger partial charge in [-0.25, -0.2) is 9.18 Å². The van der Waals surface area contributed by atoms with Crippen LogP contribution < -0.4 is 11.1 Å². The SMILES string of the molecule is Nc1cc(F)ccc1C#CCCNC(=O)OCc1ccccc1. The fraction of sp³-hybridized carbons (Fsp3) is 0.167. The Kier molecular flexibility index (Phi) is 6.01. The van der Waals surface area contributed by atoms with Crippen molar-refractivity contribution in [2.75, 3.05) is 12.3 Å². The third-order valence-electron chi connectivity index (χ3n) is 2.97. The van der Waals surface area contributed by atoms with Crippen LogP contribution in [0, 0.1) is 17.7 Å². The lowest BCUT2D eigenvalue weighted by molar-refractivity contribution is 0.140. The number of alkyl carbamates (subject to hydrolysis) is 1. The van der Waals surface area contributed by atoms with Crippen LogP contribution >= 0.6 is 0 Å². The molecule has 2 rings (SSSR count). The molecule has 23 heavy (non-hydrogen) atoms. The van der Waals surface area contributed by atoms with E-state index in [4.69, 9.17) is 10.5 Å². The molecule has 118 valence electrons. The number of carbonyl (C=O) groups excluding carboxylic acids is 1. The monoisotopic (exact) mass is 312 g/mol. The molecule has 0 spiro atoms. The Morgan fingerprint density at radius 2 is 2.00 bits per heavy atom. The number of nitrogens with two attached hydrogens (primary N) is 1. The minimum absolute atomic E-state index is 0.227. The van der Waals surface area contributed by atoms with Crippen molar-refractivity contribution in [3.63, 3.8) is 0 Å². The highest BCUT2D eigenvalue weighted by Gasteiger charge is 2.01. The summed E-state index contributed by atoms with van der Waals surface area (Å²) in [6, 6.07) is 13.5. The number of nitrogens with one attached hydrogen (secondary N) is 1. The maximum Gasteiger partial charge on any atom is 0.407 e. The Bertz CT molecular complexity index is 721. The molecule has 0 radical (unpaired) electrons. The predicted octanol–water partition coefficient (Wildman–Crippen LogP) is 3.08. The highest BCUT2D eigenvalue weighted by molar-refractivity contribution is 5.67. The smallest absolute Gasteiger partial charge is 0.407 e. The van der Waals surface area contributed by atoms with Crippen LogP contribution in [-0.2, 0) is 11.3 Å². The van der Waals surface area contributed by atoms with Crippen LogP contribution in [-0.4, -0.2) is 12.6 Å². The second-order valence-corrected chi connectivity index (χ2v) is 4.77. The highest BCUT2D eigenvalue weighted by Crippen LogP contribution is 2.11. The molecular formula is C18H17FN2O2. The first kappa shape index (κ1) is 16.4. The molecule has 0 aromatic heterocycles. The van der Waals surface area contributed by atoms with E-state index in [0.29, 0.717) is 24.2 Å². The van der Waals surface area contributed by atoms with Gasteiger partial charge >= 0.3 is 6.09 Å². The summed E-state index contributed by atoms with van der Waals surface area (Å²) in [7, 11) is 0.